The summed E-state index contributed by atoms with van der Waals surface area (Å²) in [6.07, 6.45) is 4.17. The van der Waals surface area contributed by atoms with Crippen LogP contribution in [0.1, 0.15) is 59.3 Å². The first kappa shape index (κ1) is 21.4. The molecule has 1 heterocycles. The molecule has 3 rings (SSSR count). The van der Waals surface area contributed by atoms with Gasteiger partial charge in [-0.1, -0.05) is 39.0 Å². The number of quaternary nitrogens is 1. The van der Waals surface area contributed by atoms with E-state index in [-0.39, 0.29) is 41.8 Å². The molecular formula is C20H36N2O4S. The normalized spacial score (nSPS) is 46.7. The number of rotatable bonds is 7. The Morgan fingerprint density at radius 1 is 1.41 bits per heavy atom. The number of nitrogens with one attached hydrogen (secondary N) is 1. The molecule has 0 aromatic rings. The number of carboxylic acid groups (broad SMARTS) is 1. The molecule has 8 atom stereocenters. The third kappa shape index (κ3) is 3.78. The van der Waals surface area contributed by atoms with Crippen molar-refractivity contribution in [3.8, 4) is 0 Å². The van der Waals surface area contributed by atoms with Gasteiger partial charge in [0.15, 0.2) is 5.50 Å². The Hall–Kier alpha value is -0.340. The van der Waals surface area contributed by atoms with Crippen LogP contribution in [0.5, 0.6) is 0 Å². The summed E-state index contributed by atoms with van der Waals surface area (Å²) >= 11 is 1.90. The molecule has 0 amide bonds. The van der Waals surface area contributed by atoms with Crippen molar-refractivity contribution in [3.63, 3.8) is 0 Å². The van der Waals surface area contributed by atoms with Gasteiger partial charge in [0.1, 0.15) is 6.04 Å². The number of carbonyl (C=O) groups excluding carboxylic acids is 1. The minimum absolute atomic E-state index is 0.00454. The highest BCUT2D eigenvalue weighted by Crippen LogP contribution is 2.62. The van der Waals surface area contributed by atoms with Crippen LogP contribution in [0.2, 0.25) is 0 Å². The molecule has 27 heavy (non-hydrogen) atoms. The third-order valence-corrected chi connectivity index (χ3v) is 9.31. The maximum atomic E-state index is 11.6. The largest absolute Gasteiger partial charge is 0.550 e. The number of thioether (sulfide) groups is 1. The SMILES string of the molecule is CCCCNC1[NH2+]C2C(CC3C(C)(CO)C(O)CCC3(C)C2CC(=O)[O-])S1. The smallest absolute Gasteiger partial charge is 0.188 e. The maximum Gasteiger partial charge on any atom is 0.188 e. The predicted molar refractivity (Wildman–Crippen MR) is 104 cm³/mol. The Balaban J connectivity index is 1.87. The van der Waals surface area contributed by atoms with Crippen LogP contribution >= 0.6 is 11.8 Å². The first-order valence-electron chi connectivity index (χ1n) is 10.5. The standard InChI is InChI=1S/C20H36N2O4S/c1-4-5-8-21-18-22-17-12(9-16(25)26)19(2)7-6-15(24)20(3,11-23)14(19)10-13(17)27-18/h12-15,17-18,21-24H,4-11H2,1-3H3,(H,25,26). The average Bonchev–Trinajstić information content (AvgIpc) is 3.03. The molecule has 156 valence electrons. The lowest BCUT2D eigenvalue weighted by atomic mass is 9.46. The molecule has 0 spiro atoms. The van der Waals surface area contributed by atoms with Crippen molar-refractivity contribution in [2.75, 3.05) is 13.2 Å². The average molecular weight is 401 g/mol. The number of carbonyl (C=O) groups is 1. The molecule has 7 heteroatoms. The molecule has 0 aromatic heterocycles. The Morgan fingerprint density at radius 3 is 2.78 bits per heavy atom. The topological polar surface area (TPSA) is 109 Å². The Bertz CT molecular complexity index is 550. The number of unbranched alkanes of at least 4 members (excludes halogenated alkanes) is 1. The van der Waals surface area contributed by atoms with Gasteiger partial charge in [-0.05, 0) is 43.4 Å². The summed E-state index contributed by atoms with van der Waals surface area (Å²) in [6, 6.07) is 0.242. The van der Waals surface area contributed by atoms with Crippen molar-refractivity contribution >= 4 is 17.7 Å². The van der Waals surface area contributed by atoms with E-state index in [9.17, 15) is 20.1 Å². The van der Waals surface area contributed by atoms with Gasteiger partial charge in [-0.2, -0.15) is 0 Å². The van der Waals surface area contributed by atoms with E-state index in [0.717, 1.165) is 32.2 Å². The van der Waals surface area contributed by atoms with Crippen LogP contribution in [0.15, 0.2) is 0 Å². The van der Waals surface area contributed by atoms with E-state index >= 15 is 0 Å². The van der Waals surface area contributed by atoms with E-state index in [2.05, 4.69) is 24.5 Å². The molecule has 3 aliphatic rings. The quantitative estimate of drug-likeness (QED) is 0.435. The molecule has 6 nitrogen and oxygen atoms in total. The number of nitrogens with two attached hydrogens (primary N) is 1. The highest BCUT2D eigenvalue weighted by atomic mass is 32.2. The number of hydrogen-bond donors (Lipinski definition) is 4. The number of aliphatic carboxylic acids is 1. The summed E-state index contributed by atoms with van der Waals surface area (Å²) in [6.45, 7) is 7.27. The summed E-state index contributed by atoms with van der Waals surface area (Å²) in [5, 5.41) is 38.7. The van der Waals surface area contributed by atoms with Crippen LogP contribution in [0.4, 0.5) is 0 Å². The zero-order valence-electron chi connectivity index (χ0n) is 16.8. The van der Waals surface area contributed by atoms with Gasteiger partial charge < -0.3 is 25.4 Å². The second kappa shape index (κ2) is 8.19. The molecule has 2 aliphatic carbocycles. The minimum atomic E-state index is -0.988. The van der Waals surface area contributed by atoms with Crippen LogP contribution in [-0.2, 0) is 4.79 Å². The second-order valence-electron chi connectivity index (χ2n) is 9.37. The molecule has 1 aliphatic heterocycles. The van der Waals surface area contributed by atoms with Crippen LogP contribution in [0.3, 0.4) is 0 Å². The first-order valence-corrected chi connectivity index (χ1v) is 11.4. The van der Waals surface area contributed by atoms with Crippen molar-refractivity contribution < 1.29 is 25.4 Å². The summed E-state index contributed by atoms with van der Waals surface area (Å²) in [4.78, 5) is 11.6. The first-order chi connectivity index (χ1) is 12.8. The van der Waals surface area contributed by atoms with E-state index < -0.39 is 17.5 Å². The van der Waals surface area contributed by atoms with Crippen LogP contribution < -0.4 is 15.7 Å². The molecule has 0 radical (unpaired) electrons. The van der Waals surface area contributed by atoms with Gasteiger partial charge in [0, 0.05) is 23.8 Å². The van der Waals surface area contributed by atoms with E-state index in [0.29, 0.717) is 11.7 Å². The highest BCUT2D eigenvalue weighted by molar-refractivity contribution is 8.00. The van der Waals surface area contributed by atoms with Gasteiger partial charge in [-0.15, -0.1) is 0 Å². The monoisotopic (exact) mass is 400 g/mol. The van der Waals surface area contributed by atoms with Gasteiger partial charge in [-0.3, -0.25) is 5.32 Å². The molecule has 1 saturated heterocycles. The number of aliphatic hydroxyl groups is 2. The summed E-state index contributed by atoms with van der Waals surface area (Å²) in [7, 11) is 0. The van der Waals surface area contributed by atoms with Crippen molar-refractivity contribution in [1.29, 1.82) is 0 Å². The second-order valence-corrected chi connectivity index (χ2v) is 10.8. The fraction of sp³-hybridized carbons (Fsp3) is 0.950. The number of fused-ring (bicyclic) bond motifs is 2. The van der Waals surface area contributed by atoms with Crippen LogP contribution in [0.25, 0.3) is 0 Å². The molecule has 5 N–H and O–H groups in total. The zero-order valence-corrected chi connectivity index (χ0v) is 17.6. The van der Waals surface area contributed by atoms with Crippen molar-refractivity contribution in [3.05, 3.63) is 0 Å². The van der Waals surface area contributed by atoms with E-state index in [1.807, 2.05) is 18.7 Å². The number of aliphatic hydroxyl groups excluding tert-OH is 2. The van der Waals surface area contributed by atoms with Gasteiger partial charge in [0.2, 0.25) is 0 Å². The van der Waals surface area contributed by atoms with Crippen LogP contribution in [0, 0.1) is 22.7 Å². The highest BCUT2D eigenvalue weighted by Gasteiger charge is 2.64. The van der Waals surface area contributed by atoms with Gasteiger partial charge in [0.05, 0.1) is 18.0 Å². The van der Waals surface area contributed by atoms with E-state index in [4.69, 9.17) is 0 Å². The van der Waals surface area contributed by atoms with Gasteiger partial charge in [0.25, 0.3) is 0 Å². The molecule has 3 fully saturated rings. The molecule has 8 unspecified atom stereocenters. The molecule has 0 bridgehead atoms. The van der Waals surface area contributed by atoms with Crippen molar-refractivity contribution in [2.24, 2.45) is 22.7 Å². The lowest BCUT2D eigenvalue weighted by molar-refractivity contribution is -0.708. The lowest BCUT2D eigenvalue weighted by Crippen LogP contribution is -2.97. The maximum absolute atomic E-state index is 11.6. The zero-order chi connectivity index (χ0) is 19.8. The summed E-state index contributed by atoms with van der Waals surface area (Å²) in [5.41, 5.74) is -0.520. The van der Waals surface area contributed by atoms with E-state index in [1.165, 1.54) is 0 Å². The molecule has 2 saturated carbocycles. The van der Waals surface area contributed by atoms with Gasteiger partial charge >= 0.3 is 0 Å². The van der Waals surface area contributed by atoms with Crippen molar-refractivity contribution in [1.82, 2.24) is 5.32 Å². The van der Waals surface area contributed by atoms with Crippen LogP contribution in [-0.4, -0.2) is 52.2 Å². The Kier molecular flexibility index (Phi) is 6.48. The Labute approximate surface area is 166 Å². The van der Waals surface area contributed by atoms with Gasteiger partial charge in [-0.25, -0.2) is 0 Å². The lowest BCUT2D eigenvalue weighted by Gasteiger charge is -2.60. The van der Waals surface area contributed by atoms with Crippen molar-refractivity contribution in [2.45, 2.75) is 82.2 Å². The fourth-order valence-electron chi connectivity index (χ4n) is 6.15. The summed E-state index contributed by atoms with van der Waals surface area (Å²) < 4.78 is 0. The minimum Gasteiger partial charge on any atom is -0.550 e. The number of hydrogen-bond acceptors (Lipinski definition) is 6. The molecule has 0 aromatic carbocycles. The Morgan fingerprint density at radius 2 is 2.15 bits per heavy atom. The number of carboxylic acids is 1. The molecular weight excluding hydrogens is 364 g/mol. The fourth-order valence-corrected chi connectivity index (χ4v) is 7.78. The predicted octanol–water partition coefficient (Wildman–Crippen LogP) is -0.357. The summed E-state index contributed by atoms with van der Waals surface area (Å²) in [5.74, 6) is -0.881. The third-order valence-electron chi connectivity index (χ3n) is 7.84. The van der Waals surface area contributed by atoms with E-state index in [1.54, 1.807) is 0 Å².